The van der Waals surface area contributed by atoms with Crippen LogP contribution in [0.15, 0.2) is 35.3 Å². The van der Waals surface area contributed by atoms with Crippen LogP contribution >= 0.6 is 0 Å². The second-order valence-electron chi connectivity index (χ2n) is 6.10. The molecule has 1 aliphatic rings. The van der Waals surface area contributed by atoms with Crippen molar-refractivity contribution in [3.8, 4) is 0 Å². The second kappa shape index (κ2) is 11.0. The van der Waals surface area contributed by atoms with Crippen LogP contribution in [-0.2, 0) is 4.74 Å². The summed E-state index contributed by atoms with van der Waals surface area (Å²) in [6, 6.07) is 11.2. The minimum atomic E-state index is 0.399. The first-order chi connectivity index (χ1) is 11.8. The molecule has 1 unspecified atom stereocenters. The van der Waals surface area contributed by atoms with Gasteiger partial charge in [-0.3, -0.25) is 9.89 Å². The first-order valence-electron chi connectivity index (χ1n) is 9.16. The maximum atomic E-state index is 5.37. The van der Waals surface area contributed by atoms with Gasteiger partial charge in [0.05, 0.1) is 6.04 Å². The molecule has 0 amide bonds. The average molecular weight is 332 g/mol. The highest BCUT2D eigenvalue weighted by molar-refractivity contribution is 5.79. The number of aliphatic imine (C=N–C) groups is 1. The minimum Gasteiger partial charge on any atom is -0.382 e. The SMILES string of the molecule is CCOCCCNC(=NC)NCC(c1ccccc1)N1CCCC1. The smallest absolute Gasteiger partial charge is 0.191 e. The lowest BCUT2D eigenvalue weighted by Gasteiger charge is -2.29. The summed E-state index contributed by atoms with van der Waals surface area (Å²) in [6.45, 7) is 7.70. The zero-order valence-electron chi connectivity index (χ0n) is 15.1. The van der Waals surface area contributed by atoms with Crippen molar-refractivity contribution in [2.24, 2.45) is 4.99 Å². The lowest BCUT2D eigenvalue weighted by molar-refractivity contribution is 0.145. The number of ether oxygens (including phenoxy) is 1. The van der Waals surface area contributed by atoms with E-state index in [1.54, 1.807) is 0 Å². The highest BCUT2D eigenvalue weighted by Crippen LogP contribution is 2.24. The van der Waals surface area contributed by atoms with Crippen molar-refractivity contribution in [3.63, 3.8) is 0 Å². The zero-order valence-corrected chi connectivity index (χ0v) is 15.1. The molecule has 1 aromatic carbocycles. The fourth-order valence-corrected chi connectivity index (χ4v) is 3.13. The fourth-order valence-electron chi connectivity index (χ4n) is 3.13. The Balaban J connectivity index is 1.84. The van der Waals surface area contributed by atoms with Crippen molar-refractivity contribution in [3.05, 3.63) is 35.9 Å². The fraction of sp³-hybridized carbons (Fsp3) is 0.632. The molecule has 5 nitrogen and oxygen atoms in total. The number of hydrogen-bond donors (Lipinski definition) is 2. The number of guanidine groups is 1. The molecular formula is C19H32N4O. The Morgan fingerprint density at radius 3 is 2.62 bits per heavy atom. The van der Waals surface area contributed by atoms with Crippen LogP contribution in [0.3, 0.4) is 0 Å². The Morgan fingerprint density at radius 2 is 1.96 bits per heavy atom. The Labute approximate surface area is 146 Å². The van der Waals surface area contributed by atoms with Gasteiger partial charge in [0.25, 0.3) is 0 Å². The first kappa shape index (κ1) is 18.7. The summed E-state index contributed by atoms with van der Waals surface area (Å²) in [5.41, 5.74) is 1.37. The molecule has 0 aromatic heterocycles. The van der Waals surface area contributed by atoms with Gasteiger partial charge >= 0.3 is 0 Å². The molecule has 1 saturated heterocycles. The Hall–Kier alpha value is -1.59. The molecule has 134 valence electrons. The lowest BCUT2D eigenvalue weighted by Crippen LogP contribution is -2.43. The van der Waals surface area contributed by atoms with E-state index in [0.717, 1.165) is 38.7 Å². The number of nitrogens with zero attached hydrogens (tertiary/aromatic N) is 2. The van der Waals surface area contributed by atoms with Gasteiger partial charge in [-0.2, -0.15) is 0 Å². The van der Waals surface area contributed by atoms with E-state index in [-0.39, 0.29) is 0 Å². The van der Waals surface area contributed by atoms with Gasteiger partial charge in [0.2, 0.25) is 0 Å². The monoisotopic (exact) mass is 332 g/mol. The third-order valence-electron chi connectivity index (χ3n) is 4.41. The molecule has 1 fully saturated rings. The van der Waals surface area contributed by atoms with E-state index >= 15 is 0 Å². The summed E-state index contributed by atoms with van der Waals surface area (Å²) in [4.78, 5) is 6.91. The van der Waals surface area contributed by atoms with E-state index in [1.165, 1.54) is 31.5 Å². The molecule has 1 heterocycles. The third kappa shape index (κ3) is 6.13. The Bertz CT molecular complexity index is 472. The number of nitrogens with one attached hydrogen (secondary N) is 2. The summed E-state index contributed by atoms with van der Waals surface area (Å²) in [5, 5.41) is 6.86. The molecule has 0 bridgehead atoms. The summed E-state index contributed by atoms with van der Waals surface area (Å²) in [6.07, 6.45) is 3.59. The molecule has 0 saturated carbocycles. The van der Waals surface area contributed by atoms with Crippen LogP contribution in [0.2, 0.25) is 0 Å². The van der Waals surface area contributed by atoms with Gasteiger partial charge in [0.15, 0.2) is 5.96 Å². The molecule has 0 aliphatic carbocycles. The van der Waals surface area contributed by atoms with Crippen molar-refractivity contribution in [1.29, 1.82) is 0 Å². The topological polar surface area (TPSA) is 48.9 Å². The van der Waals surface area contributed by atoms with Crippen molar-refractivity contribution in [1.82, 2.24) is 15.5 Å². The lowest BCUT2D eigenvalue weighted by atomic mass is 10.1. The van der Waals surface area contributed by atoms with Gasteiger partial charge in [-0.15, -0.1) is 0 Å². The largest absolute Gasteiger partial charge is 0.382 e. The first-order valence-corrected chi connectivity index (χ1v) is 9.16. The van der Waals surface area contributed by atoms with Gasteiger partial charge in [-0.05, 0) is 44.8 Å². The molecule has 5 heteroatoms. The van der Waals surface area contributed by atoms with E-state index in [9.17, 15) is 0 Å². The molecule has 2 N–H and O–H groups in total. The van der Waals surface area contributed by atoms with Crippen molar-refractivity contribution >= 4 is 5.96 Å². The molecule has 24 heavy (non-hydrogen) atoms. The van der Waals surface area contributed by atoms with Crippen LogP contribution in [0.1, 0.15) is 37.8 Å². The molecule has 1 aliphatic heterocycles. The van der Waals surface area contributed by atoms with Gasteiger partial charge in [0, 0.05) is 33.4 Å². The second-order valence-corrected chi connectivity index (χ2v) is 6.10. The summed E-state index contributed by atoms with van der Waals surface area (Å²) >= 11 is 0. The van der Waals surface area contributed by atoms with Gasteiger partial charge in [-0.25, -0.2) is 0 Å². The number of benzene rings is 1. The molecule has 1 atom stereocenters. The minimum absolute atomic E-state index is 0.399. The molecular weight excluding hydrogens is 300 g/mol. The molecule has 0 spiro atoms. The quantitative estimate of drug-likeness (QED) is 0.414. The molecule has 2 rings (SSSR count). The summed E-state index contributed by atoms with van der Waals surface area (Å²) in [5.74, 6) is 0.867. The van der Waals surface area contributed by atoms with Crippen LogP contribution in [0, 0.1) is 0 Å². The van der Waals surface area contributed by atoms with E-state index in [0.29, 0.717) is 6.04 Å². The molecule has 0 radical (unpaired) electrons. The van der Waals surface area contributed by atoms with Gasteiger partial charge in [-0.1, -0.05) is 30.3 Å². The normalized spacial score (nSPS) is 17.0. The van der Waals surface area contributed by atoms with E-state index in [4.69, 9.17) is 4.74 Å². The average Bonchev–Trinajstić information content (AvgIpc) is 3.15. The zero-order chi connectivity index (χ0) is 17.0. The predicted molar refractivity (Wildman–Crippen MR) is 100 cm³/mol. The summed E-state index contributed by atoms with van der Waals surface area (Å²) < 4.78 is 5.37. The molecule has 1 aromatic rings. The van der Waals surface area contributed by atoms with Crippen LogP contribution < -0.4 is 10.6 Å². The van der Waals surface area contributed by atoms with Crippen molar-refractivity contribution in [2.75, 3.05) is 46.4 Å². The number of likely N-dealkylation sites (tertiary alicyclic amines) is 1. The highest BCUT2D eigenvalue weighted by atomic mass is 16.5. The number of hydrogen-bond acceptors (Lipinski definition) is 3. The summed E-state index contributed by atoms with van der Waals surface area (Å²) in [7, 11) is 1.82. The van der Waals surface area contributed by atoms with Gasteiger partial charge in [0.1, 0.15) is 0 Å². The maximum Gasteiger partial charge on any atom is 0.191 e. The maximum absolute atomic E-state index is 5.37. The van der Waals surface area contributed by atoms with Crippen LogP contribution in [0.5, 0.6) is 0 Å². The standard InChI is InChI=1S/C19H32N4O/c1-3-24-15-9-12-21-19(20-2)22-16-18(23-13-7-8-14-23)17-10-5-4-6-11-17/h4-6,10-11,18H,3,7-9,12-16H2,1-2H3,(H2,20,21,22). The van der Waals surface area contributed by atoms with E-state index in [2.05, 4.69) is 50.9 Å². The number of rotatable bonds is 9. The predicted octanol–water partition coefficient (Wildman–Crippen LogP) is 2.42. The van der Waals surface area contributed by atoms with E-state index < -0.39 is 0 Å². The third-order valence-corrected chi connectivity index (χ3v) is 4.41. The highest BCUT2D eigenvalue weighted by Gasteiger charge is 2.23. The Kier molecular flexibility index (Phi) is 8.63. The van der Waals surface area contributed by atoms with Crippen LogP contribution in [0.25, 0.3) is 0 Å². The van der Waals surface area contributed by atoms with E-state index in [1.807, 2.05) is 14.0 Å². The van der Waals surface area contributed by atoms with Crippen LogP contribution in [-0.4, -0.2) is 57.3 Å². The Morgan fingerprint density at radius 1 is 1.21 bits per heavy atom. The van der Waals surface area contributed by atoms with Crippen LogP contribution in [0.4, 0.5) is 0 Å². The van der Waals surface area contributed by atoms with Crippen molar-refractivity contribution < 1.29 is 4.74 Å². The van der Waals surface area contributed by atoms with Crippen molar-refractivity contribution in [2.45, 2.75) is 32.2 Å². The van der Waals surface area contributed by atoms with Gasteiger partial charge < -0.3 is 15.4 Å².